The highest BCUT2D eigenvalue weighted by Crippen LogP contribution is 2.27. The first-order chi connectivity index (χ1) is 9.73. The molecule has 0 aliphatic carbocycles. The van der Waals surface area contributed by atoms with Crippen LogP contribution in [0.1, 0.15) is 43.5 Å². The molecule has 1 aromatic carbocycles. The molecule has 116 valence electrons. The quantitative estimate of drug-likeness (QED) is 0.687. The van der Waals surface area contributed by atoms with Crippen molar-refractivity contribution in [1.82, 2.24) is 0 Å². The van der Waals surface area contributed by atoms with Crippen molar-refractivity contribution < 1.29 is 19.1 Å². The van der Waals surface area contributed by atoms with Crippen molar-refractivity contribution in [2.24, 2.45) is 11.1 Å². The molecule has 0 aliphatic rings. The zero-order valence-electron chi connectivity index (χ0n) is 12.3. The van der Waals surface area contributed by atoms with Gasteiger partial charge in [0.25, 0.3) is 5.91 Å². The summed E-state index contributed by atoms with van der Waals surface area (Å²) in [6, 6.07) is 4.27. The topological polar surface area (TPSA) is 92.4 Å². The number of carboxylic acids is 1. The lowest BCUT2D eigenvalue weighted by molar-refractivity contribution is -0.137. The molecular formula is C15H21FN2O3. The lowest BCUT2D eigenvalue weighted by Gasteiger charge is -2.24. The van der Waals surface area contributed by atoms with Crippen molar-refractivity contribution in [2.75, 3.05) is 11.9 Å². The minimum Gasteiger partial charge on any atom is -0.481 e. The number of carbonyl (C=O) groups is 2. The predicted molar refractivity (Wildman–Crippen MR) is 78.7 cm³/mol. The number of benzene rings is 1. The Balaban J connectivity index is 2.62. The largest absolute Gasteiger partial charge is 0.481 e. The summed E-state index contributed by atoms with van der Waals surface area (Å²) in [6.07, 6.45) is 1.35. The zero-order valence-corrected chi connectivity index (χ0v) is 12.3. The molecule has 0 saturated carbocycles. The normalized spacial score (nSPS) is 11.2. The molecule has 4 N–H and O–H groups in total. The molecule has 0 radical (unpaired) electrons. The average Bonchev–Trinajstić information content (AvgIpc) is 2.36. The predicted octanol–water partition coefficient (Wildman–Crippen LogP) is 2.62. The van der Waals surface area contributed by atoms with E-state index in [0.717, 1.165) is 0 Å². The minimum absolute atomic E-state index is 0.111. The van der Waals surface area contributed by atoms with Gasteiger partial charge in [0.1, 0.15) is 5.82 Å². The van der Waals surface area contributed by atoms with Crippen LogP contribution in [0.15, 0.2) is 18.2 Å². The van der Waals surface area contributed by atoms with Crippen molar-refractivity contribution in [1.29, 1.82) is 0 Å². The van der Waals surface area contributed by atoms with Gasteiger partial charge in [-0.2, -0.15) is 0 Å². The van der Waals surface area contributed by atoms with Crippen LogP contribution >= 0.6 is 0 Å². The van der Waals surface area contributed by atoms with Gasteiger partial charge < -0.3 is 16.2 Å². The number of carbonyl (C=O) groups excluding carboxylic acids is 1. The fraction of sp³-hybridized carbons (Fsp3) is 0.467. The summed E-state index contributed by atoms with van der Waals surface area (Å²) in [5, 5.41) is 11.7. The van der Waals surface area contributed by atoms with E-state index in [4.69, 9.17) is 10.8 Å². The zero-order chi connectivity index (χ0) is 16.0. The second-order valence-corrected chi connectivity index (χ2v) is 5.76. The number of halogens is 1. The van der Waals surface area contributed by atoms with Gasteiger partial charge in [-0.05, 0) is 30.4 Å². The molecule has 0 fully saturated rings. The highest BCUT2D eigenvalue weighted by Gasteiger charge is 2.19. The lowest BCUT2D eigenvalue weighted by atomic mass is 9.84. The molecule has 0 aliphatic heterocycles. The van der Waals surface area contributed by atoms with Crippen LogP contribution in [-0.4, -0.2) is 23.5 Å². The van der Waals surface area contributed by atoms with E-state index in [1.807, 2.05) is 13.8 Å². The molecule has 6 heteroatoms. The van der Waals surface area contributed by atoms with Gasteiger partial charge in [-0.15, -0.1) is 0 Å². The minimum atomic E-state index is -0.822. The van der Waals surface area contributed by atoms with Gasteiger partial charge in [-0.1, -0.05) is 19.9 Å². The summed E-state index contributed by atoms with van der Waals surface area (Å²) in [5.41, 5.74) is 5.21. The Hall–Kier alpha value is -2.11. The van der Waals surface area contributed by atoms with Crippen molar-refractivity contribution >= 4 is 17.6 Å². The molecule has 0 aromatic heterocycles. The number of carboxylic acid groups (broad SMARTS) is 1. The van der Waals surface area contributed by atoms with Gasteiger partial charge in [0, 0.05) is 18.7 Å². The van der Waals surface area contributed by atoms with Gasteiger partial charge in [0.05, 0.1) is 5.56 Å². The maximum atomic E-state index is 13.6. The van der Waals surface area contributed by atoms with E-state index in [-0.39, 0.29) is 17.4 Å². The van der Waals surface area contributed by atoms with Crippen molar-refractivity contribution in [3.63, 3.8) is 0 Å². The summed E-state index contributed by atoms with van der Waals surface area (Å²) >= 11 is 0. The summed E-state index contributed by atoms with van der Waals surface area (Å²) in [4.78, 5) is 21.8. The molecular weight excluding hydrogens is 275 g/mol. The number of nitrogens with two attached hydrogens (primary N) is 1. The fourth-order valence-corrected chi connectivity index (χ4v) is 2.03. The van der Waals surface area contributed by atoms with E-state index < -0.39 is 17.7 Å². The van der Waals surface area contributed by atoms with Crippen LogP contribution in [0.4, 0.5) is 10.1 Å². The Morgan fingerprint density at radius 3 is 2.57 bits per heavy atom. The highest BCUT2D eigenvalue weighted by atomic mass is 19.1. The standard InChI is InChI=1S/C15H21FN2O3/c1-15(2,7-6-12(19)20)8-9-18-11-5-3-4-10(16)13(11)14(17)21/h3-5,18H,6-9H2,1-2H3,(H2,17,21)(H,19,20). The Bertz CT molecular complexity index is 530. The van der Waals surface area contributed by atoms with Crippen LogP contribution < -0.4 is 11.1 Å². The summed E-state index contributed by atoms with van der Waals surface area (Å²) in [5.74, 6) is -2.30. The monoisotopic (exact) mass is 296 g/mol. The van der Waals surface area contributed by atoms with E-state index in [1.54, 1.807) is 6.07 Å². The SMILES string of the molecule is CC(C)(CCNc1cccc(F)c1C(N)=O)CCC(=O)O. The highest BCUT2D eigenvalue weighted by molar-refractivity contribution is 5.98. The number of hydrogen-bond donors (Lipinski definition) is 3. The van der Waals surface area contributed by atoms with Crippen LogP contribution in [-0.2, 0) is 4.79 Å². The van der Waals surface area contributed by atoms with E-state index in [1.165, 1.54) is 12.1 Å². The van der Waals surface area contributed by atoms with Gasteiger partial charge in [-0.3, -0.25) is 9.59 Å². The van der Waals surface area contributed by atoms with Gasteiger partial charge in [-0.25, -0.2) is 4.39 Å². The number of amides is 1. The first kappa shape index (κ1) is 16.9. The van der Waals surface area contributed by atoms with E-state index in [0.29, 0.717) is 25.1 Å². The number of rotatable bonds is 8. The molecule has 0 atom stereocenters. The lowest BCUT2D eigenvalue weighted by Crippen LogP contribution is -2.20. The number of nitrogens with one attached hydrogen (secondary N) is 1. The number of anilines is 1. The van der Waals surface area contributed by atoms with Crippen LogP contribution in [0.5, 0.6) is 0 Å². The average molecular weight is 296 g/mol. The third-order valence-corrected chi connectivity index (χ3v) is 3.39. The van der Waals surface area contributed by atoms with Crippen LogP contribution in [0.25, 0.3) is 0 Å². The Morgan fingerprint density at radius 2 is 2.00 bits per heavy atom. The molecule has 0 spiro atoms. The van der Waals surface area contributed by atoms with Gasteiger partial charge >= 0.3 is 5.97 Å². The summed E-state index contributed by atoms with van der Waals surface area (Å²) in [7, 11) is 0. The van der Waals surface area contributed by atoms with Crippen molar-refractivity contribution in [3.8, 4) is 0 Å². The second-order valence-electron chi connectivity index (χ2n) is 5.76. The van der Waals surface area contributed by atoms with Crippen molar-refractivity contribution in [3.05, 3.63) is 29.6 Å². The first-order valence-electron chi connectivity index (χ1n) is 6.77. The van der Waals surface area contributed by atoms with E-state index in [9.17, 15) is 14.0 Å². The molecule has 21 heavy (non-hydrogen) atoms. The molecule has 1 amide bonds. The van der Waals surface area contributed by atoms with Crippen molar-refractivity contribution in [2.45, 2.75) is 33.1 Å². The van der Waals surface area contributed by atoms with E-state index in [2.05, 4.69) is 5.32 Å². The maximum absolute atomic E-state index is 13.6. The molecule has 0 bridgehead atoms. The third-order valence-electron chi connectivity index (χ3n) is 3.39. The Labute approximate surface area is 123 Å². The molecule has 0 unspecified atom stereocenters. The molecule has 1 aromatic rings. The number of hydrogen-bond acceptors (Lipinski definition) is 3. The summed E-state index contributed by atoms with van der Waals surface area (Å²) < 4.78 is 13.6. The fourth-order valence-electron chi connectivity index (χ4n) is 2.03. The summed E-state index contributed by atoms with van der Waals surface area (Å²) in [6.45, 7) is 4.44. The Kier molecular flexibility index (Phi) is 5.69. The third kappa shape index (κ3) is 5.41. The maximum Gasteiger partial charge on any atom is 0.303 e. The second kappa shape index (κ2) is 7.06. The van der Waals surface area contributed by atoms with E-state index >= 15 is 0 Å². The van der Waals surface area contributed by atoms with Gasteiger partial charge in [0.15, 0.2) is 0 Å². The van der Waals surface area contributed by atoms with Crippen LogP contribution in [0, 0.1) is 11.2 Å². The number of primary amides is 1. The van der Waals surface area contributed by atoms with Crippen LogP contribution in [0.2, 0.25) is 0 Å². The van der Waals surface area contributed by atoms with Gasteiger partial charge in [0.2, 0.25) is 0 Å². The Morgan fingerprint density at radius 1 is 1.33 bits per heavy atom. The number of aliphatic carboxylic acids is 1. The first-order valence-corrected chi connectivity index (χ1v) is 6.77. The molecule has 0 heterocycles. The molecule has 1 rings (SSSR count). The molecule has 5 nitrogen and oxygen atoms in total. The molecule has 0 saturated heterocycles. The smallest absolute Gasteiger partial charge is 0.303 e. The van der Waals surface area contributed by atoms with Crippen LogP contribution in [0.3, 0.4) is 0 Å².